The SMILES string of the molecule is Cc1ccc(/C=C/NC(=O)N(CCO)CCO)cc1. The molecule has 0 unspecified atom stereocenters. The molecule has 5 heteroatoms. The highest BCUT2D eigenvalue weighted by Gasteiger charge is 2.09. The van der Waals surface area contributed by atoms with Crippen molar-refractivity contribution in [2.45, 2.75) is 6.92 Å². The summed E-state index contributed by atoms with van der Waals surface area (Å²) >= 11 is 0. The highest BCUT2D eigenvalue weighted by Crippen LogP contribution is 2.04. The molecular formula is C14H20N2O3. The standard InChI is InChI=1S/C14H20N2O3/c1-12-2-4-13(5-3-12)6-7-15-14(19)16(8-10-17)9-11-18/h2-7,17-18H,8-11H2,1H3,(H,15,19)/b7-6+. The molecule has 0 aliphatic carbocycles. The normalized spacial score (nSPS) is 10.7. The fraction of sp³-hybridized carbons (Fsp3) is 0.357. The number of nitrogens with one attached hydrogen (secondary N) is 1. The second kappa shape index (κ2) is 8.29. The minimum Gasteiger partial charge on any atom is -0.395 e. The lowest BCUT2D eigenvalue weighted by Crippen LogP contribution is -2.41. The first-order valence-corrected chi connectivity index (χ1v) is 6.17. The Morgan fingerprint density at radius 3 is 2.32 bits per heavy atom. The molecule has 0 aliphatic rings. The van der Waals surface area contributed by atoms with Crippen LogP contribution in [0, 0.1) is 6.92 Å². The van der Waals surface area contributed by atoms with Crippen molar-refractivity contribution in [1.29, 1.82) is 0 Å². The van der Waals surface area contributed by atoms with Crippen molar-refractivity contribution in [3.8, 4) is 0 Å². The Morgan fingerprint density at radius 1 is 1.21 bits per heavy atom. The zero-order valence-electron chi connectivity index (χ0n) is 11.0. The number of amides is 2. The van der Waals surface area contributed by atoms with Crippen molar-refractivity contribution < 1.29 is 15.0 Å². The van der Waals surface area contributed by atoms with Crippen LogP contribution in [0.25, 0.3) is 6.08 Å². The van der Waals surface area contributed by atoms with Gasteiger partial charge in [0.05, 0.1) is 13.2 Å². The Bertz CT molecular complexity index is 409. The van der Waals surface area contributed by atoms with Crippen LogP contribution >= 0.6 is 0 Å². The molecule has 0 saturated carbocycles. The van der Waals surface area contributed by atoms with Gasteiger partial charge in [0, 0.05) is 19.3 Å². The summed E-state index contributed by atoms with van der Waals surface area (Å²) in [5, 5.41) is 20.2. The van der Waals surface area contributed by atoms with Crippen LogP contribution in [0.2, 0.25) is 0 Å². The Hall–Kier alpha value is -1.85. The smallest absolute Gasteiger partial charge is 0.321 e. The third-order valence-electron chi connectivity index (χ3n) is 2.59. The zero-order valence-corrected chi connectivity index (χ0v) is 11.0. The van der Waals surface area contributed by atoms with Gasteiger partial charge in [-0.3, -0.25) is 0 Å². The van der Waals surface area contributed by atoms with Crippen molar-refractivity contribution in [2.75, 3.05) is 26.3 Å². The van der Waals surface area contributed by atoms with E-state index in [-0.39, 0.29) is 32.3 Å². The van der Waals surface area contributed by atoms with Crippen LogP contribution < -0.4 is 5.32 Å². The van der Waals surface area contributed by atoms with E-state index in [0.717, 1.165) is 5.56 Å². The van der Waals surface area contributed by atoms with Gasteiger partial charge < -0.3 is 20.4 Å². The second-order valence-electron chi connectivity index (χ2n) is 4.13. The lowest BCUT2D eigenvalue weighted by molar-refractivity contribution is 0.161. The van der Waals surface area contributed by atoms with Crippen LogP contribution in [-0.4, -0.2) is 47.4 Å². The number of aryl methyl sites for hydroxylation is 1. The fourth-order valence-corrected chi connectivity index (χ4v) is 1.53. The van der Waals surface area contributed by atoms with Gasteiger partial charge in [-0.2, -0.15) is 0 Å². The number of aliphatic hydroxyl groups is 2. The number of hydrogen-bond acceptors (Lipinski definition) is 3. The second-order valence-corrected chi connectivity index (χ2v) is 4.13. The molecule has 104 valence electrons. The molecule has 0 fully saturated rings. The third-order valence-corrected chi connectivity index (χ3v) is 2.59. The maximum Gasteiger partial charge on any atom is 0.321 e. The van der Waals surface area contributed by atoms with E-state index in [1.54, 1.807) is 12.3 Å². The summed E-state index contributed by atoms with van der Waals surface area (Å²) in [5.74, 6) is 0. The summed E-state index contributed by atoms with van der Waals surface area (Å²) < 4.78 is 0. The van der Waals surface area contributed by atoms with Crippen LogP contribution in [0.5, 0.6) is 0 Å². The average molecular weight is 264 g/mol. The molecular weight excluding hydrogens is 244 g/mol. The third kappa shape index (κ3) is 5.54. The molecule has 2 amide bonds. The van der Waals surface area contributed by atoms with Crippen LogP contribution in [0.3, 0.4) is 0 Å². The van der Waals surface area contributed by atoms with Gasteiger partial charge in [-0.1, -0.05) is 29.8 Å². The quantitative estimate of drug-likeness (QED) is 0.716. The first kappa shape index (κ1) is 15.2. The van der Waals surface area contributed by atoms with E-state index >= 15 is 0 Å². The molecule has 3 N–H and O–H groups in total. The summed E-state index contributed by atoms with van der Waals surface area (Å²) in [4.78, 5) is 13.1. The van der Waals surface area contributed by atoms with Gasteiger partial charge in [0.1, 0.15) is 0 Å². The van der Waals surface area contributed by atoms with Crippen molar-refractivity contribution in [1.82, 2.24) is 10.2 Å². The number of aliphatic hydroxyl groups excluding tert-OH is 2. The number of rotatable bonds is 6. The monoisotopic (exact) mass is 264 g/mol. The number of carbonyl (C=O) groups is 1. The Kier molecular flexibility index (Phi) is 6.63. The Morgan fingerprint density at radius 2 is 1.79 bits per heavy atom. The molecule has 1 aromatic carbocycles. The van der Waals surface area contributed by atoms with Gasteiger partial charge in [-0.25, -0.2) is 4.79 Å². The fourth-order valence-electron chi connectivity index (χ4n) is 1.53. The molecule has 0 bridgehead atoms. The van der Waals surface area contributed by atoms with Crippen LogP contribution in [-0.2, 0) is 0 Å². The Balaban J connectivity index is 2.49. The van der Waals surface area contributed by atoms with Crippen LogP contribution in [0.4, 0.5) is 4.79 Å². The first-order chi connectivity index (χ1) is 9.17. The molecule has 0 spiro atoms. The van der Waals surface area contributed by atoms with E-state index in [1.807, 2.05) is 31.2 Å². The number of urea groups is 1. The summed E-state index contributed by atoms with van der Waals surface area (Å²) in [6.07, 6.45) is 3.34. The van der Waals surface area contributed by atoms with Crippen LogP contribution in [0.1, 0.15) is 11.1 Å². The summed E-state index contributed by atoms with van der Waals surface area (Å²) in [6, 6.07) is 7.55. The van der Waals surface area contributed by atoms with Gasteiger partial charge in [-0.15, -0.1) is 0 Å². The summed E-state index contributed by atoms with van der Waals surface area (Å²) in [6.45, 7) is 2.15. The predicted octanol–water partition coefficient (Wildman–Crippen LogP) is 0.962. The van der Waals surface area contributed by atoms with Gasteiger partial charge in [0.25, 0.3) is 0 Å². The number of hydrogen-bond donors (Lipinski definition) is 3. The molecule has 0 atom stereocenters. The molecule has 0 radical (unpaired) electrons. The maximum absolute atomic E-state index is 11.7. The van der Waals surface area contributed by atoms with Crippen molar-refractivity contribution >= 4 is 12.1 Å². The van der Waals surface area contributed by atoms with E-state index in [2.05, 4.69) is 5.32 Å². The highest BCUT2D eigenvalue weighted by atomic mass is 16.3. The van der Waals surface area contributed by atoms with E-state index in [9.17, 15) is 4.79 Å². The van der Waals surface area contributed by atoms with E-state index in [0.29, 0.717) is 0 Å². The molecule has 0 aromatic heterocycles. The lowest BCUT2D eigenvalue weighted by Gasteiger charge is -2.19. The first-order valence-electron chi connectivity index (χ1n) is 6.17. The largest absolute Gasteiger partial charge is 0.395 e. The minimum atomic E-state index is -0.341. The van der Waals surface area contributed by atoms with Gasteiger partial charge in [-0.05, 0) is 18.6 Å². The predicted molar refractivity (Wildman–Crippen MR) is 74.5 cm³/mol. The molecule has 0 heterocycles. The molecule has 5 nitrogen and oxygen atoms in total. The molecule has 19 heavy (non-hydrogen) atoms. The minimum absolute atomic E-state index is 0.130. The van der Waals surface area contributed by atoms with Gasteiger partial charge >= 0.3 is 6.03 Å². The summed E-state index contributed by atoms with van der Waals surface area (Å²) in [5.41, 5.74) is 2.17. The topological polar surface area (TPSA) is 72.8 Å². The molecule has 0 aliphatic heterocycles. The Labute approximate surface area is 113 Å². The van der Waals surface area contributed by atoms with E-state index < -0.39 is 0 Å². The number of carbonyl (C=O) groups excluding carboxylic acids is 1. The molecule has 1 rings (SSSR count). The lowest BCUT2D eigenvalue weighted by atomic mass is 10.1. The van der Waals surface area contributed by atoms with E-state index in [4.69, 9.17) is 10.2 Å². The van der Waals surface area contributed by atoms with Gasteiger partial charge in [0.15, 0.2) is 0 Å². The van der Waals surface area contributed by atoms with E-state index in [1.165, 1.54) is 10.5 Å². The van der Waals surface area contributed by atoms with Crippen molar-refractivity contribution in [2.24, 2.45) is 0 Å². The van der Waals surface area contributed by atoms with Crippen molar-refractivity contribution in [3.05, 3.63) is 41.6 Å². The number of benzene rings is 1. The zero-order chi connectivity index (χ0) is 14.1. The van der Waals surface area contributed by atoms with Crippen molar-refractivity contribution in [3.63, 3.8) is 0 Å². The van der Waals surface area contributed by atoms with Gasteiger partial charge in [0.2, 0.25) is 0 Å². The van der Waals surface area contributed by atoms with Crippen LogP contribution in [0.15, 0.2) is 30.5 Å². The maximum atomic E-state index is 11.7. The summed E-state index contributed by atoms with van der Waals surface area (Å²) in [7, 11) is 0. The molecule has 1 aromatic rings. The molecule has 0 saturated heterocycles. The average Bonchev–Trinajstić information content (AvgIpc) is 2.40. The number of nitrogens with zero attached hydrogens (tertiary/aromatic N) is 1. The highest BCUT2D eigenvalue weighted by molar-refractivity contribution is 5.76.